The summed E-state index contributed by atoms with van der Waals surface area (Å²) in [5.41, 5.74) is 1.45. The first-order chi connectivity index (χ1) is 9.13. The van der Waals surface area contributed by atoms with E-state index in [0.29, 0.717) is 11.3 Å². The van der Waals surface area contributed by atoms with Crippen LogP contribution >= 0.6 is 0 Å². The van der Waals surface area contributed by atoms with Gasteiger partial charge in [-0.05, 0) is 31.0 Å². The minimum absolute atomic E-state index is 0.0957. The zero-order chi connectivity index (χ0) is 13.8. The lowest BCUT2D eigenvalue weighted by Crippen LogP contribution is -2.00. The maximum absolute atomic E-state index is 13.9. The fourth-order valence-corrected chi connectivity index (χ4v) is 1.97. The van der Waals surface area contributed by atoms with Crippen molar-refractivity contribution in [1.82, 2.24) is 0 Å². The van der Waals surface area contributed by atoms with Crippen LogP contribution in [0.2, 0.25) is 0 Å². The van der Waals surface area contributed by atoms with Crippen LogP contribution in [0, 0.1) is 5.82 Å². The molecule has 1 atom stereocenters. The van der Waals surface area contributed by atoms with Crippen molar-refractivity contribution in [1.29, 1.82) is 0 Å². The monoisotopic (exact) mass is 260 g/mol. The van der Waals surface area contributed by atoms with E-state index in [1.165, 1.54) is 6.07 Å². The Kier molecular flexibility index (Phi) is 4.17. The molecule has 0 bridgehead atoms. The van der Waals surface area contributed by atoms with Crippen molar-refractivity contribution in [2.75, 3.05) is 0 Å². The number of rotatable bonds is 4. The van der Waals surface area contributed by atoms with Crippen molar-refractivity contribution < 1.29 is 14.2 Å². The lowest BCUT2D eigenvalue weighted by molar-refractivity contribution is 0.194. The maximum Gasteiger partial charge on any atom is 0.168 e. The summed E-state index contributed by atoms with van der Waals surface area (Å²) in [6.45, 7) is 3.60. The highest BCUT2D eigenvalue weighted by atomic mass is 19.1. The molecule has 1 N–H and O–H groups in total. The van der Waals surface area contributed by atoms with Gasteiger partial charge in [0.05, 0.1) is 6.10 Å². The van der Waals surface area contributed by atoms with Crippen molar-refractivity contribution in [2.24, 2.45) is 0 Å². The Labute approximate surface area is 112 Å². The van der Waals surface area contributed by atoms with Crippen LogP contribution in [0.1, 0.15) is 31.1 Å². The second kappa shape index (κ2) is 5.85. The lowest BCUT2D eigenvalue weighted by Gasteiger charge is -2.15. The molecule has 0 spiro atoms. The van der Waals surface area contributed by atoms with E-state index in [9.17, 15) is 9.50 Å². The van der Waals surface area contributed by atoms with E-state index in [1.54, 1.807) is 25.1 Å². The third-order valence-corrected chi connectivity index (χ3v) is 3.01. The van der Waals surface area contributed by atoms with Gasteiger partial charge >= 0.3 is 0 Å². The van der Waals surface area contributed by atoms with E-state index in [4.69, 9.17) is 4.74 Å². The largest absolute Gasteiger partial charge is 0.454 e. The molecular weight excluding hydrogens is 243 g/mol. The lowest BCUT2D eigenvalue weighted by atomic mass is 10.1. The number of ether oxygens (including phenoxy) is 1. The van der Waals surface area contributed by atoms with Gasteiger partial charge in [0.25, 0.3) is 0 Å². The molecule has 2 rings (SSSR count). The highest BCUT2D eigenvalue weighted by Crippen LogP contribution is 2.33. The van der Waals surface area contributed by atoms with E-state index < -0.39 is 11.9 Å². The maximum atomic E-state index is 13.9. The van der Waals surface area contributed by atoms with Gasteiger partial charge in [-0.3, -0.25) is 0 Å². The summed E-state index contributed by atoms with van der Waals surface area (Å²) in [5, 5.41) is 9.69. The van der Waals surface area contributed by atoms with Crippen LogP contribution in [0.5, 0.6) is 11.5 Å². The zero-order valence-corrected chi connectivity index (χ0v) is 11.1. The van der Waals surface area contributed by atoms with Crippen LogP contribution in [0.4, 0.5) is 4.39 Å². The first-order valence-corrected chi connectivity index (χ1v) is 6.35. The van der Waals surface area contributed by atoms with Crippen molar-refractivity contribution in [3.05, 3.63) is 59.4 Å². The third kappa shape index (κ3) is 2.93. The van der Waals surface area contributed by atoms with E-state index in [0.717, 1.165) is 12.0 Å². The molecule has 2 nitrogen and oxygen atoms in total. The van der Waals surface area contributed by atoms with Gasteiger partial charge in [0.15, 0.2) is 11.6 Å². The molecule has 0 aromatic heterocycles. The van der Waals surface area contributed by atoms with Crippen molar-refractivity contribution in [3.63, 3.8) is 0 Å². The Balaban J connectivity index is 2.43. The zero-order valence-electron chi connectivity index (χ0n) is 11.1. The predicted octanol–water partition coefficient (Wildman–Crippen LogP) is 4.23. The van der Waals surface area contributed by atoms with E-state index in [-0.39, 0.29) is 5.75 Å². The van der Waals surface area contributed by atoms with Crippen molar-refractivity contribution >= 4 is 0 Å². The number of aryl methyl sites for hydroxylation is 1. The minimum atomic E-state index is -0.778. The molecule has 0 amide bonds. The summed E-state index contributed by atoms with van der Waals surface area (Å²) in [6.07, 6.45) is 0.0220. The topological polar surface area (TPSA) is 29.5 Å². The molecule has 3 heteroatoms. The first kappa shape index (κ1) is 13.6. The van der Waals surface area contributed by atoms with Crippen molar-refractivity contribution in [3.8, 4) is 11.5 Å². The first-order valence-electron chi connectivity index (χ1n) is 6.35. The highest BCUT2D eigenvalue weighted by Gasteiger charge is 2.15. The average molecular weight is 260 g/mol. The predicted molar refractivity (Wildman–Crippen MR) is 72.9 cm³/mol. The molecule has 19 heavy (non-hydrogen) atoms. The van der Waals surface area contributed by atoms with Gasteiger partial charge in [-0.2, -0.15) is 0 Å². The summed E-state index contributed by atoms with van der Waals surface area (Å²) < 4.78 is 19.6. The molecule has 0 saturated carbocycles. The fraction of sp³-hybridized carbons (Fsp3) is 0.250. The Morgan fingerprint density at radius 3 is 2.58 bits per heavy atom. The second-order valence-electron chi connectivity index (χ2n) is 4.40. The van der Waals surface area contributed by atoms with Crippen LogP contribution < -0.4 is 4.74 Å². The fourth-order valence-electron chi connectivity index (χ4n) is 1.97. The van der Waals surface area contributed by atoms with Gasteiger partial charge in [-0.25, -0.2) is 4.39 Å². The van der Waals surface area contributed by atoms with Gasteiger partial charge in [0.2, 0.25) is 0 Å². The van der Waals surface area contributed by atoms with Crippen LogP contribution in [-0.2, 0) is 6.42 Å². The van der Waals surface area contributed by atoms with Gasteiger partial charge < -0.3 is 9.84 Å². The molecule has 0 unspecified atom stereocenters. The van der Waals surface area contributed by atoms with Crippen LogP contribution in [0.3, 0.4) is 0 Å². The smallest absolute Gasteiger partial charge is 0.168 e. The van der Waals surface area contributed by atoms with Crippen LogP contribution in [0.25, 0.3) is 0 Å². The van der Waals surface area contributed by atoms with E-state index in [2.05, 4.69) is 0 Å². The van der Waals surface area contributed by atoms with Gasteiger partial charge in [-0.15, -0.1) is 0 Å². The van der Waals surface area contributed by atoms with E-state index >= 15 is 0 Å². The minimum Gasteiger partial charge on any atom is -0.454 e. The summed E-state index contributed by atoms with van der Waals surface area (Å²) in [4.78, 5) is 0. The standard InChI is InChI=1S/C16H17FO2/c1-3-12-7-4-5-10-15(12)19-16-13(11(2)18)8-6-9-14(16)17/h4-11,18H,3H2,1-2H3/t11-/m0/s1. The number of aliphatic hydroxyl groups excluding tert-OH is 1. The number of halogens is 1. The Bertz CT molecular complexity index is 564. The molecule has 0 saturated heterocycles. The highest BCUT2D eigenvalue weighted by molar-refractivity contribution is 5.43. The molecule has 0 aliphatic carbocycles. The Morgan fingerprint density at radius 2 is 1.89 bits per heavy atom. The SMILES string of the molecule is CCc1ccccc1Oc1c(F)cccc1[C@H](C)O. The summed E-state index contributed by atoms with van der Waals surface area (Å²) >= 11 is 0. The molecule has 0 heterocycles. The van der Waals surface area contributed by atoms with E-state index in [1.807, 2.05) is 25.1 Å². The van der Waals surface area contributed by atoms with Crippen LogP contribution in [0.15, 0.2) is 42.5 Å². The van der Waals surface area contributed by atoms with Crippen LogP contribution in [-0.4, -0.2) is 5.11 Å². The van der Waals surface area contributed by atoms with Gasteiger partial charge in [0.1, 0.15) is 5.75 Å². The summed E-state index contributed by atoms with van der Waals surface area (Å²) in [6, 6.07) is 12.1. The molecule has 2 aromatic rings. The van der Waals surface area contributed by atoms with Crippen molar-refractivity contribution in [2.45, 2.75) is 26.4 Å². The normalized spacial score (nSPS) is 12.2. The average Bonchev–Trinajstić information content (AvgIpc) is 2.41. The number of hydrogen-bond donors (Lipinski definition) is 1. The molecular formula is C16H17FO2. The van der Waals surface area contributed by atoms with Gasteiger partial charge in [-0.1, -0.05) is 37.3 Å². The Morgan fingerprint density at radius 1 is 1.16 bits per heavy atom. The second-order valence-corrected chi connectivity index (χ2v) is 4.40. The summed E-state index contributed by atoms with van der Waals surface area (Å²) in [7, 11) is 0. The molecule has 0 fully saturated rings. The number of benzene rings is 2. The van der Waals surface area contributed by atoms with Gasteiger partial charge in [0, 0.05) is 5.56 Å². The molecule has 0 aliphatic heterocycles. The quantitative estimate of drug-likeness (QED) is 0.891. The summed E-state index contributed by atoms with van der Waals surface area (Å²) in [5.74, 6) is 0.250. The number of aliphatic hydroxyl groups is 1. The molecule has 100 valence electrons. The molecule has 2 aromatic carbocycles. The molecule has 0 radical (unpaired) electrons. The third-order valence-electron chi connectivity index (χ3n) is 3.01. The Hall–Kier alpha value is -1.87. The number of para-hydroxylation sites is 2. The number of hydrogen-bond acceptors (Lipinski definition) is 2. The molecule has 0 aliphatic rings.